The Morgan fingerprint density at radius 2 is 1.92 bits per heavy atom. The predicted octanol–water partition coefficient (Wildman–Crippen LogP) is -1.95. The number of phosphoric acid groups is 2. The minimum Gasteiger partial charge on any atom is -0.390 e. The lowest BCUT2D eigenvalue weighted by Gasteiger charge is -2.24. The SMILES string of the molecule is O=c1ccn([C@H]2[C@H](O)[C@H](O)C3(COP(=O)(O)OP(=O)(O)O)C[C@H]23)c(=O)[nH]1. The molecule has 2 fully saturated rings. The first-order chi connectivity index (χ1) is 11.9. The number of nitrogens with one attached hydrogen (secondary N) is 1. The summed E-state index contributed by atoms with van der Waals surface area (Å²) in [5.74, 6) is -0.536. The highest BCUT2D eigenvalue weighted by Gasteiger charge is 2.72. The molecule has 0 aliphatic heterocycles. The van der Waals surface area contributed by atoms with Gasteiger partial charge in [-0.1, -0.05) is 0 Å². The van der Waals surface area contributed by atoms with E-state index in [0.29, 0.717) is 0 Å². The number of nitrogens with zero attached hydrogens (tertiary/aromatic N) is 1. The topological polar surface area (TPSA) is 209 Å². The zero-order valence-electron chi connectivity index (χ0n) is 12.9. The molecule has 0 amide bonds. The van der Waals surface area contributed by atoms with Gasteiger partial charge in [0.2, 0.25) is 0 Å². The van der Waals surface area contributed by atoms with Crippen LogP contribution in [0.2, 0.25) is 0 Å². The number of phosphoric ester groups is 1. The maximum atomic E-state index is 11.9. The van der Waals surface area contributed by atoms with E-state index in [-0.39, 0.29) is 6.42 Å². The van der Waals surface area contributed by atoms with Crippen LogP contribution in [0, 0.1) is 11.3 Å². The fourth-order valence-electron chi connectivity index (χ4n) is 3.55. The summed E-state index contributed by atoms with van der Waals surface area (Å²) in [6, 6.07) is 0.147. The van der Waals surface area contributed by atoms with Crippen LogP contribution in [0.25, 0.3) is 0 Å². The normalized spacial score (nSPS) is 35.7. The van der Waals surface area contributed by atoms with Crippen LogP contribution in [0.15, 0.2) is 21.9 Å². The van der Waals surface area contributed by atoms with Gasteiger partial charge < -0.3 is 24.9 Å². The number of aliphatic hydroxyl groups excluding tert-OH is 2. The highest BCUT2D eigenvalue weighted by Crippen LogP contribution is 2.69. The fraction of sp³-hybridized carbons (Fsp3) is 0.636. The van der Waals surface area contributed by atoms with Crippen molar-refractivity contribution in [2.45, 2.75) is 24.7 Å². The number of aliphatic hydroxyl groups is 2. The Balaban J connectivity index is 1.79. The number of rotatable bonds is 6. The number of aromatic amines is 1. The number of hydrogen-bond donors (Lipinski definition) is 6. The second kappa shape index (κ2) is 6.20. The summed E-state index contributed by atoms with van der Waals surface area (Å²) in [5.41, 5.74) is -2.63. The lowest BCUT2D eigenvalue weighted by molar-refractivity contribution is -0.0306. The minimum atomic E-state index is -5.28. The lowest BCUT2D eigenvalue weighted by Crippen LogP contribution is -2.40. The second-order valence-electron chi connectivity index (χ2n) is 6.30. The minimum absolute atomic E-state index is 0.206. The van der Waals surface area contributed by atoms with Gasteiger partial charge >= 0.3 is 21.3 Å². The third-order valence-electron chi connectivity index (χ3n) is 4.73. The van der Waals surface area contributed by atoms with Crippen molar-refractivity contribution in [1.29, 1.82) is 0 Å². The van der Waals surface area contributed by atoms with Crippen molar-refractivity contribution in [2.75, 3.05) is 6.61 Å². The van der Waals surface area contributed by atoms with E-state index in [2.05, 4.69) is 8.83 Å². The highest BCUT2D eigenvalue weighted by molar-refractivity contribution is 7.60. The van der Waals surface area contributed by atoms with Crippen LogP contribution < -0.4 is 11.2 Å². The molecule has 2 aliphatic carbocycles. The highest BCUT2D eigenvalue weighted by atomic mass is 31.3. The Morgan fingerprint density at radius 1 is 1.27 bits per heavy atom. The van der Waals surface area contributed by atoms with Gasteiger partial charge in [0, 0.05) is 17.7 Å². The average molecular weight is 414 g/mol. The Kier molecular flexibility index (Phi) is 4.67. The first kappa shape index (κ1) is 19.6. The molecule has 15 heteroatoms. The van der Waals surface area contributed by atoms with Gasteiger partial charge in [0.25, 0.3) is 5.56 Å². The van der Waals surface area contributed by atoms with E-state index in [1.165, 1.54) is 0 Å². The average Bonchev–Trinajstić information content (AvgIpc) is 3.15. The third kappa shape index (κ3) is 3.50. The van der Waals surface area contributed by atoms with Crippen LogP contribution in [0.3, 0.4) is 0 Å². The maximum absolute atomic E-state index is 11.9. The van der Waals surface area contributed by atoms with Crippen LogP contribution in [-0.2, 0) is 18.0 Å². The van der Waals surface area contributed by atoms with Crippen LogP contribution >= 0.6 is 15.6 Å². The van der Waals surface area contributed by atoms with Gasteiger partial charge in [-0.25, -0.2) is 13.9 Å². The van der Waals surface area contributed by atoms with Crippen LogP contribution in [0.4, 0.5) is 0 Å². The van der Waals surface area contributed by atoms with Gasteiger partial charge in [-0.2, -0.15) is 4.31 Å². The van der Waals surface area contributed by atoms with E-state index in [1.807, 2.05) is 4.98 Å². The molecule has 1 aromatic heterocycles. The Bertz CT molecular complexity index is 921. The van der Waals surface area contributed by atoms with E-state index < -0.39 is 63.1 Å². The van der Waals surface area contributed by atoms with Gasteiger partial charge in [-0.3, -0.25) is 18.9 Å². The van der Waals surface area contributed by atoms with E-state index in [1.54, 1.807) is 0 Å². The summed E-state index contributed by atoms with van der Waals surface area (Å²) >= 11 is 0. The standard InChI is InChI=1S/C11H16N2O11P2/c14-6-1-2-13(10(17)12-6)7-5-3-11(5,9(16)8(7)15)4-23-26(21,22)24-25(18,19)20/h1-2,5,7-9,15-16H,3-4H2,(H,21,22)(H,12,14,17)(H2,18,19,20)/t5-,7-,8+,9+,11?/m1/s1. The van der Waals surface area contributed by atoms with Crippen molar-refractivity contribution in [3.05, 3.63) is 33.1 Å². The molecule has 6 N–H and O–H groups in total. The molecule has 3 rings (SSSR count). The first-order valence-corrected chi connectivity index (χ1v) is 10.3. The van der Waals surface area contributed by atoms with Crippen LogP contribution in [0.5, 0.6) is 0 Å². The molecule has 2 saturated carbocycles. The number of H-pyrrole nitrogens is 1. The van der Waals surface area contributed by atoms with Crippen molar-refractivity contribution in [1.82, 2.24) is 9.55 Å². The Labute approximate surface area is 144 Å². The second-order valence-corrected chi connectivity index (χ2v) is 9.13. The zero-order valence-corrected chi connectivity index (χ0v) is 14.7. The van der Waals surface area contributed by atoms with Gasteiger partial charge in [0.05, 0.1) is 18.8 Å². The van der Waals surface area contributed by atoms with Crippen LogP contribution in [-0.4, -0.2) is 53.3 Å². The largest absolute Gasteiger partial charge is 0.481 e. The van der Waals surface area contributed by atoms with Crippen molar-refractivity contribution in [3.8, 4) is 0 Å². The summed E-state index contributed by atoms with van der Waals surface area (Å²) < 4.78 is 31.5. The summed E-state index contributed by atoms with van der Waals surface area (Å²) in [6.07, 6.45) is -1.50. The molecule has 26 heavy (non-hydrogen) atoms. The Morgan fingerprint density at radius 3 is 2.50 bits per heavy atom. The predicted molar refractivity (Wildman–Crippen MR) is 81.8 cm³/mol. The fourth-order valence-corrected chi connectivity index (χ4v) is 5.22. The summed E-state index contributed by atoms with van der Waals surface area (Å²) in [5, 5.41) is 20.5. The summed E-state index contributed by atoms with van der Waals surface area (Å²) in [7, 11) is -10.4. The number of aromatic nitrogens is 2. The van der Waals surface area contributed by atoms with Crippen molar-refractivity contribution < 1.29 is 42.9 Å². The molecular formula is C11H16N2O11P2. The monoisotopic (exact) mass is 414 g/mol. The van der Waals surface area contributed by atoms with Crippen molar-refractivity contribution in [2.24, 2.45) is 11.3 Å². The molecule has 0 bridgehead atoms. The first-order valence-electron chi connectivity index (χ1n) is 7.28. The van der Waals surface area contributed by atoms with Crippen LogP contribution in [0.1, 0.15) is 12.5 Å². The van der Waals surface area contributed by atoms with Gasteiger partial charge in [-0.15, -0.1) is 0 Å². The summed E-state index contributed by atoms with van der Waals surface area (Å²) in [4.78, 5) is 51.6. The smallest absolute Gasteiger partial charge is 0.390 e. The quantitative estimate of drug-likeness (QED) is 0.282. The Hall–Kier alpha value is -1.14. The summed E-state index contributed by atoms with van der Waals surface area (Å²) in [6.45, 7) is -0.641. The molecule has 1 aromatic rings. The maximum Gasteiger partial charge on any atom is 0.481 e. The molecule has 0 saturated heterocycles. The molecule has 0 aromatic carbocycles. The molecule has 2 unspecified atom stereocenters. The number of fused-ring (bicyclic) bond motifs is 1. The molecule has 2 aliphatic rings. The lowest BCUT2D eigenvalue weighted by atomic mass is 10.0. The van der Waals surface area contributed by atoms with Gasteiger partial charge in [-0.05, 0) is 12.3 Å². The molecule has 0 spiro atoms. The third-order valence-corrected chi connectivity index (χ3v) is 6.86. The van der Waals surface area contributed by atoms with Gasteiger partial charge in [0.1, 0.15) is 6.10 Å². The molecule has 146 valence electrons. The molecule has 13 nitrogen and oxygen atoms in total. The van der Waals surface area contributed by atoms with E-state index in [4.69, 9.17) is 9.79 Å². The van der Waals surface area contributed by atoms with E-state index >= 15 is 0 Å². The van der Waals surface area contributed by atoms with E-state index in [9.17, 15) is 33.8 Å². The zero-order chi connectivity index (χ0) is 19.5. The molecule has 1 heterocycles. The number of hydrogen-bond acceptors (Lipinski definition) is 8. The van der Waals surface area contributed by atoms with Crippen molar-refractivity contribution >= 4 is 15.6 Å². The van der Waals surface area contributed by atoms with E-state index in [0.717, 1.165) is 16.8 Å². The molecular weight excluding hydrogens is 398 g/mol. The van der Waals surface area contributed by atoms with Crippen molar-refractivity contribution in [3.63, 3.8) is 0 Å². The van der Waals surface area contributed by atoms with Gasteiger partial charge in [0.15, 0.2) is 0 Å². The molecule has 6 atom stereocenters. The molecule has 0 radical (unpaired) electrons.